The van der Waals surface area contributed by atoms with E-state index < -0.39 is 16.4 Å². The van der Waals surface area contributed by atoms with E-state index in [0.717, 1.165) is 45.8 Å². The second-order valence-electron chi connectivity index (χ2n) is 6.97. The van der Waals surface area contributed by atoms with Gasteiger partial charge in [-0.3, -0.25) is 4.90 Å². The van der Waals surface area contributed by atoms with Gasteiger partial charge in [0.05, 0.1) is 10.8 Å². The van der Waals surface area contributed by atoms with Gasteiger partial charge in [-0.05, 0) is 74.5 Å². The van der Waals surface area contributed by atoms with Gasteiger partial charge in [-0.25, -0.2) is 4.21 Å². The predicted octanol–water partition coefficient (Wildman–Crippen LogP) is 3.42. The highest BCUT2D eigenvalue weighted by Crippen LogP contribution is 2.35. The number of benzene rings is 2. The molecule has 0 radical (unpaired) electrons. The maximum absolute atomic E-state index is 12.6. The molecule has 2 unspecified atom stereocenters. The average Bonchev–Trinajstić information content (AvgIpc) is 2.68. The van der Waals surface area contributed by atoms with E-state index in [1.807, 2.05) is 48.5 Å². The molecule has 3 aliphatic heterocycles. The first-order chi connectivity index (χ1) is 12.5. The van der Waals surface area contributed by atoms with Crippen molar-refractivity contribution in [2.24, 2.45) is 5.92 Å². The van der Waals surface area contributed by atoms with Crippen molar-refractivity contribution in [3.05, 3.63) is 58.6 Å². The van der Waals surface area contributed by atoms with E-state index in [1.54, 1.807) is 0 Å². The molecule has 3 fully saturated rings. The van der Waals surface area contributed by atoms with Crippen LogP contribution in [0.1, 0.15) is 18.4 Å². The highest BCUT2D eigenvalue weighted by molar-refractivity contribution is 9.10. The molecule has 2 bridgehead atoms. The lowest BCUT2D eigenvalue weighted by Gasteiger charge is -2.47. The van der Waals surface area contributed by atoms with Crippen LogP contribution >= 0.6 is 15.9 Å². The van der Waals surface area contributed by atoms with E-state index in [2.05, 4.69) is 32.7 Å². The van der Waals surface area contributed by atoms with Crippen LogP contribution < -0.4 is 0 Å². The van der Waals surface area contributed by atoms with Gasteiger partial charge in [0.1, 0.15) is 5.60 Å². The van der Waals surface area contributed by atoms with E-state index >= 15 is 0 Å². The van der Waals surface area contributed by atoms with Crippen molar-refractivity contribution in [2.45, 2.75) is 28.2 Å². The fourth-order valence-corrected chi connectivity index (χ4v) is 5.02. The number of fused-ring (bicyclic) bond motifs is 3. The molecule has 0 spiro atoms. The second-order valence-corrected chi connectivity index (χ2v) is 9.37. The Labute approximate surface area is 165 Å². The van der Waals surface area contributed by atoms with Crippen molar-refractivity contribution >= 4 is 26.7 Å². The highest BCUT2D eigenvalue weighted by atomic mass is 79.9. The van der Waals surface area contributed by atoms with E-state index in [9.17, 15) is 9.32 Å². The summed E-state index contributed by atoms with van der Waals surface area (Å²) in [5.74, 6) is 6.52. The first kappa shape index (κ1) is 17.9. The Hall–Kier alpha value is -1.45. The SMILES string of the molecule is O=S(c1ccc(Br)cc1)c1ccc(C#CC2(O)CN3CCC2CC3)cc1. The van der Waals surface area contributed by atoms with Crippen LogP contribution in [0.4, 0.5) is 0 Å². The van der Waals surface area contributed by atoms with Gasteiger partial charge in [-0.2, -0.15) is 0 Å². The van der Waals surface area contributed by atoms with Gasteiger partial charge in [0.15, 0.2) is 0 Å². The van der Waals surface area contributed by atoms with Crippen LogP contribution in [0.5, 0.6) is 0 Å². The number of halogens is 1. The first-order valence-electron chi connectivity index (χ1n) is 8.79. The van der Waals surface area contributed by atoms with Crippen molar-refractivity contribution in [1.29, 1.82) is 0 Å². The summed E-state index contributed by atoms with van der Waals surface area (Å²) >= 11 is 3.39. The summed E-state index contributed by atoms with van der Waals surface area (Å²) in [5.41, 5.74) is -0.0542. The molecule has 26 heavy (non-hydrogen) atoms. The highest BCUT2D eigenvalue weighted by Gasteiger charge is 2.44. The maximum Gasteiger partial charge on any atom is 0.141 e. The molecule has 5 heteroatoms. The quantitative estimate of drug-likeness (QED) is 0.743. The summed E-state index contributed by atoms with van der Waals surface area (Å²) in [5, 5.41) is 10.9. The molecule has 0 saturated carbocycles. The van der Waals surface area contributed by atoms with E-state index in [0.29, 0.717) is 6.54 Å². The van der Waals surface area contributed by atoms with Crippen LogP contribution in [0.25, 0.3) is 0 Å². The van der Waals surface area contributed by atoms with Crippen LogP contribution in [-0.4, -0.2) is 39.5 Å². The average molecular weight is 430 g/mol. The smallest absolute Gasteiger partial charge is 0.141 e. The molecule has 1 N–H and O–H groups in total. The summed E-state index contributed by atoms with van der Waals surface area (Å²) < 4.78 is 13.6. The van der Waals surface area contributed by atoms with Gasteiger partial charge in [-0.15, -0.1) is 0 Å². The minimum Gasteiger partial charge on any atom is -0.376 e. The van der Waals surface area contributed by atoms with Gasteiger partial charge in [-0.1, -0.05) is 27.8 Å². The fourth-order valence-electron chi connectivity index (χ4n) is 3.72. The minimum absolute atomic E-state index is 0.282. The zero-order valence-electron chi connectivity index (χ0n) is 14.3. The molecule has 3 saturated heterocycles. The molecular formula is C21H20BrNO2S. The Morgan fingerprint density at radius 2 is 1.62 bits per heavy atom. The van der Waals surface area contributed by atoms with Crippen LogP contribution in [0.15, 0.2) is 62.8 Å². The summed E-state index contributed by atoms with van der Waals surface area (Å²) in [7, 11) is -1.21. The molecule has 0 aromatic heterocycles. The normalized spacial score (nSPS) is 28.2. The Balaban J connectivity index is 1.50. The van der Waals surface area contributed by atoms with E-state index in [4.69, 9.17) is 0 Å². The Bertz CT molecular complexity index is 877. The standard InChI is InChI=1S/C21H20BrNO2S/c22-18-3-7-20(8-4-18)26(25)19-5-1-16(2-6-19)9-12-21(24)15-23-13-10-17(21)11-14-23/h1-8,17,24H,10-11,13-15H2. The number of piperidine rings is 3. The Morgan fingerprint density at radius 3 is 2.15 bits per heavy atom. The maximum atomic E-state index is 12.6. The zero-order chi connectivity index (χ0) is 18.1. The summed E-state index contributed by atoms with van der Waals surface area (Å²) in [6, 6.07) is 15.0. The molecule has 3 nitrogen and oxygen atoms in total. The zero-order valence-corrected chi connectivity index (χ0v) is 16.7. The van der Waals surface area contributed by atoms with Crippen LogP contribution in [0, 0.1) is 17.8 Å². The largest absolute Gasteiger partial charge is 0.376 e. The molecule has 0 aliphatic carbocycles. The van der Waals surface area contributed by atoms with Crippen molar-refractivity contribution < 1.29 is 9.32 Å². The topological polar surface area (TPSA) is 40.5 Å². The first-order valence-corrected chi connectivity index (χ1v) is 10.7. The molecule has 2 aromatic rings. The Morgan fingerprint density at radius 1 is 1.04 bits per heavy atom. The van der Waals surface area contributed by atoms with Crippen molar-refractivity contribution in [3.8, 4) is 11.8 Å². The predicted molar refractivity (Wildman–Crippen MR) is 106 cm³/mol. The lowest BCUT2D eigenvalue weighted by atomic mass is 9.76. The van der Waals surface area contributed by atoms with Gasteiger partial charge in [0.25, 0.3) is 0 Å². The van der Waals surface area contributed by atoms with Crippen molar-refractivity contribution in [1.82, 2.24) is 4.90 Å². The van der Waals surface area contributed by atoms with Crippen LogP contribution in [0.2, 0.25) is 0 Å². The molecule has 134 valence electrons. The fraction of sp³-hybridized carbons (Fsp3) is 0.333. The minimum atomic E-state index is -1.21. The molecular weight excluding hydrogens is 410 g/mol. The van der Waals surface area contributed by atoms with Gasteiger partial charge in [0.2, 0.25) is 0 Å². The number of hydrogen-bond acceptors (Lipinski definition) is 3. The molecule has 5 rings (SSSR count). The molecule has 2 atom stereocenters. The third-order valence-electron chi connectivity index (χ3n) is 5.25. The number of aliphatic hydroxyl groups is 1. The summed E-state index contributed by atoms with van der Waals surface area (Å²) in [4.78, 5) is 3.81. The molecule has 2 aromatic carbocycles. The molecule has 3 heterocycles. The number of hydrogen-bond donors (Lipinski definition) is 1. The van der Waals surface area contributed by atoms with E-state index in [-0.39, 0.29) is 5.92 Å². The summed E-state index contributed by atoms with van der Waals surface area (Å²) in [6.45, 7) is 2.80. The summed E-state index contributed by atoms with van der Waals surface area (Å²) in [6.07, 6.45) is 2.05. The Kier molecular flexibility index (Phi) is 5.02. The van der Waals surface area contributed by atoms with Crippen LogP contribution in [0.3, 0.4) is 0 Å². The lowest BCUT2D eigenvalue weighted by Crippen LogP contribution is -2.58. The van der Waals surface area contributed by atoms with E-state index in [1.165, 1.54) is 0 Å². The van der Waals surface area contributed by atoms with Crippen LogP contribution in [-0.2, 0) is 10.8 Å². The number of nitrogens with zero attached hydrogens (tertiary/aromatic N) is 1. The third-order valence-corrected chi connectivity index (χ3v) is 7.18. The monoisotopic (exact) mass is 429 g/mol. The van der Waals surface area contributed by atoms with Gasteiger partial charge < -0.3 is 5.11 Å². The van der Waals surface area contributed by atoms with Crippen molar-refractivity contribution in [3.63, 3.8) is 0 Å². The van der Waals surface area contributed by atoms with Gasteiger partial charge >= 0.3 is 0 Å². The molecule has 3 aliphatic rings. The number of rotatable bonds is 2. The third kappa shape index (κ3) is 3.65. The second kappa shape index (κ2) is 7.28. The van der Waals surface area contributed by atoms with Gasteiger partial charge in [0, 0.05) is 32.3 Å². The van der Waals surface area contributed by atoms with Crippen molar-refractivity contribution in [2.75, 3.05) is 19.6 Å². The lowest BCUT2D eigenvalue weighted by molar-refractivity contribution is -0.0713. The molecule has 0 amide bonds.